The number of carbonyl (C=O) groups excluding carboxylic acids is 2. The lowest BCUT2D eigenvalue weighted by Crippen LogP contribution is -2.54. The van der Waals surface area contributed by atoms with E-state index < -0.39 is 12.0 Å². The Morgan fingerprint density at radius 1 is 1.12 bits per heavy atom. The van der Waals surface area contributed by atoms with Crippen molar-refractivity contribution < 1.29 is 14.3 Å². The van der Waals surface area contributed by atoms with Crippen molar-refractivity contribution in [2.45, 2.75) is 57.1 Å². The van der Waals surface area contributed by atoms with Gasteiger partial charge in [-0.2, -0.15) is 11.8 Å². The van der Waals surface area contributed by atoms with Crippen LogP contribution in [0.2, 0.25) is 10.0 Å². The third-order valence-corrected chi connectivity index (χ3v) is 6.95. The van der Waals surface area contributed by atoms with Gasteiger partial charge in [0.15, 0.2) is 0 Å². The van der Waals surface area contributed by atoms with Crippen molar-refractivity contribution in [2.24, 2.45) is 5.73 Å². The number of hydrogen-bond acceptors (Lipinski definition) is 4. The lowest BCUT2D eigenvalue weighted by atomic mass is 10.0. The predicted octanol–water partition coefficient (Wildman–Crippen LogP) is 5.74. The first-order valence-electron chi connectivity index (χ1n) is 10.8. The van der Waals surface area contributed by atoms with Crippen LogP contribution >= 0.6 is 35.0 Å². The number of primary amides is 1. The summed E-state index contributed by atoms with van der Waals surface area (Å²) in [5.41, 5.74) is 6.24. The van der Waals surface area contributed by atoms with Crippen LogP contribution in [0.1, 0.15) is 45.7 Å². The van der Waals surface area contributed by atoms with Gasteiger partial charge in [-0.25, -0.2) is 0 Å². The Kier molecular flexibility index (Phi) is 10.6. The summed E-state index contributed by atoms with van der Waals surface area (Å²) in [5.74, 6) is 0.0739. The Bertz CT molecular complexity index is 904. The number of nitrogens with zero attached hydrogens (tertiary/aromatic N) is 1. The lowest BCUT2D eigenvalue weighted by Gasteiger charge is -2.43. The number of halogens is 2. The normalized spacial score (nSPS) is 19.5. The molecule has 5 nitrogen and oxygen atoms in total. The van der Waals surface area contributed by atoms with E-state index in [9.17, 15) is 9.59 Å². The second-order valence-electron chi connectivity index (χ2n) is 8.87. The molecule has 1 aliphatic heterocycles. The molecule has 3 unspecified atom stereocenters. The van der Waals surface area contributed by atoms with E-state index >= 15 is 0 Å². The second-order valence-corrected chi connectivity index (χ2v) is 11.6. The monoisotopic (exact) mass is 510 g/mol. The molecule has 0 saturated carbocycles. The average Bonchev–Trinajstić information content (AvgIpc) is 2.74. The molecule has 0 radical (unpaired) electrons. The van der Waals surface area contributed by atoms with E-state index in [4.69, 9.17) is 33.7 Å². The Balaban J connectivity index is 0.000000468. The number of hydrogen-bond donors (Lipinski definition) is 1. The van der Waals surface area contributed by atoms with E-state index in [1.165, 1.54) is 0 Å². The van der Waals surface area contributed by atoms with Gasteiger partial charge in [0.25, 0.3) is 5.91 Å². The summed E-state index contributed by atoms with van der Waals surface area (Å²) in [7, 11) is 0. The van der Waals surface area contributed by atoms with Gasteiger partial charge in [0.05, 0.1) is 19.1 Å². The highest BCUT2D eigenvalue weighted by molar-refractivity contribution is 8.00. The molecule has 0 spiro atoms. The molecule has 33 heavy (non-hydrogen) atoms. The van der Waals surface area contributed by atoms with Crippen molar-refractivity contribution in [3.63, 3.8) is 0 Å². The Morgan fingerprint density at radius 2 is 1.70 bits per heavy atom. The number of ether oxygens (including phenoxy) is 1. The Morgan fingerprint density at radius 3 is 2.18 bits per heavy atom. The van der Waals surface area contributed by atoms with Crippen LogP contribution in [-0.4, -0.2) is 46.0 Å². The molecule has 2 aromatic rings. The van der Waals surface area contributed by atoms with Crippen LogP contribution in [0, 0.1) is 0 Å². The maximum atomic E-state index is 13.0. The van der Waals surface area contributed by atoms with Crippen molar-refractivity contribution in [1.29, 1.82) is 0 Å². The maximum absolute atomic E-state index is 13.0. The van der Waals surface area contributed by atoms with Crippen molar-refractivity contribution in [2.75, 3.05) is 12.4 Å². The lowest BCUT2D eigenvalue weighted by molar-refractivity contribution is -0.165. The number of morpholine rings is 1. The number of amides is 2. The molecule has 0 bridgehead atoms. The fourth-order valence-electron chi connectivity index (χ4n) is 3.34. The van der Waals surface area contributed by atoms with Gasteiger partial charge in [-0.05, 0) is 36.8 Å². The Hall–Kier alpha value is -1.73. The number of thioether (sulfide) groups is 1. The largest absolute Gasteiger partial charge is 0.370 e. The molecule has 2 N–H and O–H groups in total. The van der Waals surface area contributed by atoms with Gasteiger partial charge in [-0.3, -0.25) is 9.59 Å². The summed E-state index contributed by atoms with van der Waals surface area (Å²) in [4.78, 5) is 26.2. The van der Waals surface area contributed by atoms with Crippen LogP contribution in [0.5, 0.6) is 0 Å². The first kappa shape index (κ1) is 27.5. The fraction of sp³-hybridized carbons (Fsp3) is 0.440. The third-order valence-electron chi connectivity index (χ3n) is 4.93. The van der Waals surface area contributed by atoms with E-state index in [1.807, 2.05) is 66.4 Å². The summed E-state index contributed by atoms with van der Waals surface area (Å²) in [6, 6.07) is 16.7. The molecule has 1 fully saturated rings. The first-order valence-corrected chi connectivity index (χ1v) is 12.5. The Labute approximate surface area is 210 Å². The summed E-state index contributed by atoms with van der Waals surface area (Å²) >= 11 is 13.3. The highest BCUT2D eigenvalue weighted by atomic mass is 35.5. The minimum Gasteiger partial charge on any atom is -0.370 e. The molecular weight excluding hydrogens is 479 g/mol. The number of rotatable bonds is 6. The van der Waals surface area contributed by atoms with Crippen LogP contribution in [0.4, 0.5) is 0 Å². The van der Waals surface area contributed by atoms with Crippen molar-refractivity contribution in [1.82, 2.24) is 4.90 Å². The summed E-state index contributed by atoms with van der Waals surface area (Å²) in [5, 5.41) is 1.44. The predicted molar refractivity (Wildman–Crippen MR) is 138 cm³/mol. The molecular formula is C25H32Cl2N2O3S. The zero-order valence-corrected chi connectivity index (χ0v) is 21.8. The standard InChI is InChI=1S/C19H27ClN2O3S.C6H5Cl/c1-12(11-26-19(2,3)4)22-15(13-5-7-14(20)8-6-13)10-25-16(18(22)24)9-17(21)23;7-6-4-2-1-3-5-6/h5-8,12,15-16H,9-11H2,1-4H3,(H2,21,23);1-5H. The van der Waals surface area contributed by atoms with Crippen LogP contribution in [0.25, 0.3) is 0 Å². The minimum absolute atomic E-state index is 0.00770. The van der Waals surface area contributed by atoms with Gasteiger partial charge in [0.1, 0.15) is 6.10 Å². The highest BCUT2D eigenvalue weighted by Gasteiger charge is 2.40. The highest BCUT2D eigenvalue weighted by Crippen LogP contribution is 2.33. The minimum atomic E-state index is -0.807. The van der Waals surface area contributed by atoms with Crippen LogP contribution in [0.15, 0.2) is 54.6 Å². The molecule has 2 aromatic carbocycles. The second kappa shape index (κ2) is 12.7. The molecule has 1 heterocycles. The van der Waals surface area contributed by atoms with Crippen molar-refractivity contribution in [3.8, 4) is 0 Å². The molecule has 180 valence electrons. The summed E-state index contributed by atoms with van der Waals surface area (Å²) in [6.07, 6.45) is -0.903. The van der Waals surface area contributed by atoms with E-state index in [0.29, 0.717) is 11.6 Å². The molecule has 2 amide bonds. The SMILES string of the molecule is CC(CSC(C)(C)C)N1C(=O)C(CC(N)=O)OCC1c1ccc(Cl)cc1.Clc1ccccc1. The van der Waals surface area contributed by atoms with Crippen LogP contribution < -0.4 is 5.73 Å². The number of carbonyl (C=O) groups is 2. The van der Waals surface area contributed by atoms with E-state index in [1.54, 1.807) is 11.8 Å². The van der Waals surface area contributed by atoms with Gasteiger partial charge < -0.3 is 15.4 Å². The van der Waals surface area contributed by atoms with Gasteiger partial charge in [0.2, 0.25) is 5.91 Å². The number of benzene rings is 2. The fourth-order valence-corrected chi connectivity index (χ4v) is 4.51. The molecule has 3 atom stereocenters. The van der Waals surface area contributed by atoms with Crippen LogP contribution in [0.3, 0.4) is 0 Å². The quantitative estimate of drug-likeness (QED) is 0.537. The zero-order valence-electron chi connectivity index (χ0n) is 19.5. The van der Waals surface area contributed by atoms with Crippen LogP contribution in [-0.2, 0) is 14.3 Å². The number of nitrogens with two attached hydrogens (primary N) is 1. The van der Waals surface area contributed by atoms with Crippen molar-refractivity contribution >= 4 is 46.8 Å². The van der Waals surface area contributed by atoms with Gasteiger partial charge in [0, 0.05) is 26.6 Å². The third kappa shape index (κ3) is 9.20. The van der Waals surface area contributed by atoms with Gasteiger partial charge >= 0.3 is 0 Å². The maximum Gasteiger partial charge on any atom is 0.253 e. The first-order chi connectivity index (χ1) is 15.5. The van der Waals surface area contributed by atoms with Gasteiger partial charge in [-0.1, -0.05) is 74.3 Å². The topological polar surface area (TPSA) is 72.6 Å². The average molecular weight is 512 g/mol. The summed E-state index contributed by atoms with van der Waals surface area (Å²) < 4.78 is 5.80. The van der Waals surface area contributed by atoms with E-state index in [-0.39, 0.29) is 29.2 Å². The van der Waals surface area contributed by atoms with Crippen molar-refractivity contribution in [3.05, 3.63) is 70.2 Å². The molecule has 0 aliphatic carbocycles. The molecule has 8 heteroatoms. The smallest absolute Gasteiger partial charge is 0.253 e. The summed E-state index contributed by atoms with van der Waals surface area (Å²) in [6.45, 7) is 8.82. The van der Waals surface area contributed by atoms with E-state index in [2.05, 4.69) is 20.8 Å². The molecule has 0 aromatic heterocycles. The molecule has 3 rings (SSSR count). The molecule has 1 saturated heterocycles. The zero-order chi connectivity index (χ0) is 24.6. The molecule has 1 aliphatic rings. The van der Waals surface area contributed by atoms with E-state index in [0.717, 1.165) is 16.3 Å². The van der Waals surface area contributed by atoms with Gasteiger partial charge in [-0.15, -0.1) is 0 Å².